The highest BCUT2D eigenvalue weighted by Crippen LogP contribution is 2.07. The van der Waals surface area contributed by atoms with Crippen molar-refractivity contribution in [3.63, 3.8) is 0 Å². The van der Waals surface area contributed by atoms with Crippen LogP contribution in [0.5, 0.6) is 0 Å². The van der Waals surface area contributed by atoms with Crippen LogP contribution in [0.25, 0.3) is 0 Å². The van der Waals surface area contributed by atoms with Crippen LogP contribution in [0.1, 0.15) is 11.1 Å². The van der Waals surface area contributed by atoms with E-state index in [1.54, 1.807) is 0 Å². The average Bonchev–Trinajstić information content (AvgIpc) is 2.53. The molecule has 1 atom stereocenters. The molecule has 2 aromatic rings. The first-order valence-corrected chi connectivity index (χ1v) is 6.89. The Bertz CT molecular complexity index is 613. The minimum absolute atomic E-state index is 0.117. The topological polar surface area (TPSA) is 75.6 Å². The van der Waals surface area contributed by atoms with Crippen molar-refractivity contribution in [3.8, 4) is 0 Å². The molecule has 0 bridgehead atoms. The summed E-state index contributed by atoms with van der Waals surface area (Å²) < 4.78 is 5.20. The largest absolute Gasteiger partial charge is 0.465 e. The lowest BCUT2D eigenvalue weighted by Gasteiger charge is -2.16. The van der Waals surface area contributed by atoms with E-state index < -0.39 is 18.1 Å². The number of esters is 1. The molecule has 0 saturated carbocycles. The predicted octanol–water partition coefficient (Wildman–Crippen LogP) is 2.61. The minimum atomic E-state index is -1.25. The van der Waals surface area contributed by atoms with E-state index in [0.29, 0.717) is 0 Å². The van der Waals surface area contributed by atoms with Gasteiger partial charge in [-0.05, 0) is 11.1 Å². The Labute approximate surface area is 128 Å². The smallest absolute Gasteiger partial charge is 0.405 e. The Kier molecular flexibility index (Phi) is 5.54. The van der Waals surface area contributed by atoms with E-state index >= 15 is 0 Å². The number of nitrogens with one attached hydrogen (secondary N) is 1. The van der Waals surface area contributed by atoms with Crippen LogP contribution in [0, 0.1) is 0 Å². The molecule has 2 rings (SSSR count). The summed E-state index contributed by atoms with van der Waals surface area (Å²) in [6, 6.07) is 17.5. The van der Waals surface area contributed by atoms with Gasteiger partial charge < -0.3 is 15.2 Å². The minimum Gasteiger partial charge on any atom is -0.465 e. The van der Waals surface area contributed by atoms with Crippen molar-refractivity contribution in [2.24, 2.45) is 0 Å². The van der Waals surface area contributed by atoms with E-state index in [2.05, 4.69) is 5.32 Å². The zero-order valence-electron chi connectivity index (χ0n) is 11.9. The second-order valence-corrected chi connectivity index (χ2v) is 4.79. The normalized spacial score (nSPS) is 11.5. The van der Waals surface area contributed by atoms with Crippen LogP contribution in [-0.2, 0) is 22.6 Å². The zero-order valence-corrected chi connectivity index (χ0v) is 11.9. The molecule has 5 nitrogen and oxygen atoms in total. The monoisotopic (exact) mass is 299 g/mol. The van der Waals surface area contributed by atoms with Crippen molar-refractivity contribution < 1.29 is 19.4 Å². The standard InChI is InChI=1S/C17H17NO4/c19-16(22-12-14-9-5-2-6-10-14)15(18-17(20)21)11-13-7-3-1-4-8-13/h1-10,15,18H,11-12H2,(H,20,21). The highest BCUT2D eigenvalue weighted by atomic mass is 16.5. The summed E-state index contributed by atoms with van der Waals surface area (Å²) >= 11 is 0. The van der Waals surface area contributed by atoms with Gasteiger partial charge in [0.05, 0.1) is 0 Å². The van der Waals surface area contributed by atoms with Crippen molar-refractivity contribution in [3.05, 3.63) is 71.8 Å². The second kappa shape index (κ2) is 7.83. The number of rotatable bonds is 6. The van der Waals surface area contributed by atoms with Gasteiger partial charge in [-0.25, -0.2) is 9.59 Å². The van der Waals surface area contributed by atoms with Gasteiger partial charge in [-0.1, -0.05) is 60.7 Å². The van der Waals surface area contributed by atoms with E-state index in [1.165, 1.54) is 0 Å². The lowest BCUT2D eigenvalue weighted by atomic mass is 10.1. The predicted molar refractivity (Wildman–Crippen MR) is 81.3 cm³/mol. The number of carbonyl (C=O) groups is 2. The van der Waals surface area contributed by atoms with Gasteiger partial charge in [0.2, 0.25) is 0 Å². The molecule has 1 amide bonds. The van der Waals surface area contributed by atoms with Crippen LogP contribution >= 0.6 is 0 Å². The molecular formula is C17H17NO4. The number of ether oxygens (including phenoxy) is 1. The van der Waals surface area contributed by atoms with Crippen LogP contribution in [0.15, 0.2) is 60.7 Å². The number of carboxylic acid groups (broad SMARTS) is 1. The maximum absolute atomic E-state index is 12.1. The van der Waals surface area contributed by atoms with Crippen molar-refractivity contribution in [2.45, 2.75) is 19.1 Å². The van der Waals surface area contributed by atoms with Gasteiger partial charge in [-0.15, -0.1) is 0 Å². The van der Waals surface area contributed by atoms with Gasteiger partial charge in [-0.3, -0.25) is 0 Å². The van der Waals surface area contributed by atoms with E-state index in [-0.39, 0.29) is 13.0 Å². The van der Waals surface area contributed by atoms with Gasteiger partial charge in [-0.2, -0.15) is 0 Å². The first kappa shape index (κ1) is 15.6. The Morgan fingerprint density at radius 2 is 1.50 bits per heavy atom. The van der Waals surface area contributed by atoms with Crippen LogP contribution in [0.4, 0.5) is 4.79 Å². The molecule has 1 unspecified atom stereocenters. The SMILES string of the molecule is O=C(O)NC(Cc1ccccc1)C(=O)OCc1ccccc1. The molecule has 0 saturated heterocycles. The average molecular weight is 299 g/mol. The molecule has 2 N–H and O–H groups in total. The van der Waals surface area contributed by atoms with Gasteiger partial charge in [0.1, 0.15) is 12.6 Å². The molecule has 0 fully saturated rings. The first-order valence-electron chi connectivity index (χ1n) is 6.89. The summed E-state index contributed by atoms with van der Waals surface area (Å²) in [7, 11) is 0. The van der Waals surface area contributed by atoms with Gasteiger partial charge in [0.25, 0.3) is 0 Å². The Balaban J connectivity index is 1.98. The quantitative estimate of drug-likeness (QED) is 0.804. The molecule has 0 aliphatic carbocycles. The molecule has 2 aromatic carbocycles. The molecule has 0 aliphatic heterocycles. The van der Waals surface area contributed by atoms with E-state index in [4.69, 9.17) is 9.84 Å². The highest BCUT2D eigenvalue weighted by molar-refractivity contribution is 5.81. The fourth-order valence-corrected chi connectivity index (χ4v) is 2.02. The lowest BCUT2D eigenvalue weighted by molar-refractivity contribution is -0.147. The number of hydrogen-bond acceptors (Lipinski definition) is 3. The zero-order chi connectivity index (χ0) is 15.8. The molecular weight excluding hydrogens is 282 g/mol. The summed E-state index contributed by atoms with van der Waals surface area (Å²) in [5.41, 5.74) is 1.71. The summed E-state index contributed by atoms with van der Waals surface area (Å²) in [5, 5.41) is 11.1. The number of benzene rings is 2. The molecule has 0 spiro atoms. The molecule has 0 aliphatic rings. The maximum Gasteiger partial charge on any atom is 0.405 e. The van der Waals surface area contributed by atoms with Gasteiger partial charge >= 0.3 is 12.1 Å². The molecule has 0 radical (unpaired) electrons. The molecule has 5 heteroatoms. The third-order valence-electron chi connectivity index (χ3n) is 3.09. The number of carbonyl (C=O) groups excluding carboxylic acids is 1. The Morgan fingerprint density at radius 1 is 0.955 bits per heavy atom. The van der Waals surface area contributed by atoms with Crippen molar-refractivity contribution >= 4 is 12.1 Å². The summed E-state index contributed by atoms with van der Waals surface area (Å²) in [4.78, 5) is 23.0. The van der Waals surface area contributed by atoms with E-state index in [1.807, 2.05) is 60.7 Å². The van der Waals surface area contributed by atoms with Crippen molar-refractivity contribution in [1.29, 1.82) is 0 Å². The van der Waals surface area contributed by atoms with Crippen LogP contribution in [-0.4, -0.2) is 23.2 Å². The third-order valence-corrected chi connectivity index (χ3v) is 3.09. The second-order valence-electron chi connectivity index (χ2n) is 4.79. The summed E-state index contributed by atoms with van der Waals surface area (Å²) in [5.74, 6) is -0.588. The van der Waals surface area contributed by atoms with Crippen LogP contribution < -0.4 is 5.32 Å². The van der Waals surface area contributed by atoms with Crippen molar-refractivity contribution in [2.75, 3.05) is 0 Å². The Morgan fingerprint density at radius 3 is 2.05 bits per heavy atom. The lowest BCUT2D eigenvalue weighted by Crippen LogP contribution is -2.42. The van der Waals surface area contributed by atoms with Crippen molar-refractivity contribution in [1.82, 2.24) is 5.32 Å². The van der Waals surface area contributed by atoms with E-state index in [9.17, 15) is 9.59 Å². The summed E-state index contributed by atoms with van der Waals surface area (Å²) in [6.45, 7) is 0.117. The molecule has 22 heavy (non-hydrogen) atoms. The fourth-order valence-electron chi connectivity index (χ4n) is 2.02. The summed E-state index contributed by atoms with van der Waals surface area (Å²) in [6.07, 6.45) is -1.00. The molecule has 0 heterocycles. The van der Waals surface area contributed by atoms with Crippen LogP contribution in [0.3, 0.4) is 0 Å². The van der Waals surface area contributed by atoms with Crippen LogP contribution in [0.2, 0.25) is 0 Å². The van der Waals surface area contributed by atoms with Gasteiger partial charge in [0.15, 0.2) is 0 Å². The number of hydrogen-bond donors (Lipinski definition) is 2. The molecule has 0 aromatic heterocycles. The fraction of sp³-hybridized carbons (Fsp3) is 0.176. The molecule has 114 valence electrons. The first-order chi connectivity index (χ1) is 10.6. The van der Waals surface area contributed by atoms with Gasteiger partial charge in [0, 0.05) is 6.42 Å². The highest BCUT2D eigenvalue weighted by Gasteiger charge is 2.22. The number of amides is 1. The maximum atomic E-state index is 12.1. The Hall–Kier alpha value is -2.82. The van der Waals surface area contributed by atoms with E-state index in [0.717, 1.165) is 11.1 Å². The third kappa shape index (κ3) is 4.94.